The van der Waals surface area contributed by atoms with E-state index < -0.39 is 0 Å². The minimum atomic E-state index is 0.268. The molecule has 2 rings (SSSR count). The Morgan fingerprint density at radius 1 is 1.23 bits per heavy atom. The van der Waals surface area contributed by atoms with Crippen molar-refractivity contribution in [3.8, 4) is 11.5 Å². The molecule has 0 aromatic heterocycles. The zero-order valence-electron chi connectivity index (χ0n) is 14.1. The van der Waals surface area contributed by atoms with E-state index in [9.17, 15) is 5.11 Å². The SMILES string of the molecule is CCOc1cccc([C@H](CCC(C)C)N2CCNCC2)c1O. The quantitative estimate of drug-likeness (QED) is 0.812. The number of phenolic OH excluding ortho intramolecular Hbond substituents is 1. The van der Waals surface area contributed by atoms with E-state index in [-0.39, 0.29) is 6.04 Å². The number of benzene rings is 1. The molecular formula is C18H30N2O2. The first-order chi connectivity index (χ1) is 10.6. The highest BCUT2D eigenvalue weighted by molar-refractivity contribution is 5.47. The summed E-state index contributed by atoms with van der Waals surface area (Å²) in [5, 5.41) is 14.0. The number of phenols is 1. The molecule has 1 heterocycles. The molecule has 2 N–H and O–H groups in total. The third-order valence-corrected chi connectivity index (χ3v) is 4.30. The lowest BCUT2D eigenvalue weighted by Crippen LogP contribution is -2.45. The minimum absolute atomic E-state index is 0.268. The molecule has 1 aromatic rings. The summed E-state index contributed by atoms with van der Waals surface area (Å²) >= 11 is 0. The van der Waals surface area contributed by atoms with Crippen LogP contribution in [0.15, 0.2) is 18.2 Å². The van der Waals surface area contributed by atoms with E-state index in [1.165, 1.54) is 0 Å². The maximum absolute atomic E-state index is 10.6. The Labute approximate surface area is 134 Å². The number of hydrogen-bond acceptors (Lipinski definition) is 4. The van der Waals surface area contributed by atoms with Gasteiger partial charge in [-0.25, -0.2) is 0 Å². The number of ether oxygens (including phenoxy) is 1. The van der Waals surface area contributed by atoms with Crippen LogP contribution >= 0.6 is 0 Å². The van der Waals surface area contributed by atoms with Crippen LogP contribution in [-0.4, -0.2) is 42.8 Å². The molecule has 1 aliphatic heterocycles. The van der Waals surface area contributed by atoms with Crippen molar-refractivity contribution in [1.29, 1.82) is 0 Å². The summed E-state index contributed by atoms with van der Waals surface area (Å²) in [5.41, 5.74) is 1.01. The van der Waals surface area contributed by atoms with E-state index in [0.717, 1.165) is 44.6 Å². The molecule has 4 heteroatoms. The lowest BCUT2D eigenvalue weighted by molar-refractivity contribution is 0.156. The lowest BCUT2D eigenvalue weighted by atomic mass is 9.95. The second kappa shape index (κ2) is 8.39. The standard InChI is InChI=1S/C18H30N2O2/c1-4-22-17-7-5-6-15(18(17)21)16(9-8-14(2)3)20-12-10-19-11-13-20/h5-7,14,16,19,21H,4,8-13H2,1-3H3/t16-/m0/s1. The van der Waals surface area contributed by atoms with Crippen molar-refractivity contribution in [1.82, 2.24) is 10.2 Å². The molecule has 4 nitrogen and oxygen atoms in total. The van der Waals surface area contributed by atoms with Gasteiger partial charge in [0.15, 0.2) is 11.5 Å². The Kier molecular flexibility index (Phi) is 6.52. The van der Waals surface area contributed by atoms with Crippen molar-refractivity contribution in [3.05, 3.63) is 23.8 Å². The maximum atomic E-state index is 10.6. The van der Waals surface area contributed by atoms with Crippen LogP contribution in [0.25, 0.3) is 0 Å². The fraction of sp³-hybridized carbons (Fsp3) is 0.667. The predicted octanol–water partition coefficient (Wildman–Crippen LogP) is 3.17. The number of hydrogen-bond donors (Lipinski definition) is 2. The van der Waals surface area contributed by atoms with E-state index >= 15 is 0 Å². The van der Waals surface area contributed by atoms with Gasteiger partial charge in [-0.1, -0.05) is 26.0 Å². The fourth-order valence-electron chi connectivity index (χ4n) is 3.10. The summed E-state index contributed by atoms with van der Waals surface area (Å²) in [5.74, 6) is 1.59. The van der Waals surface area contributed by atoms with Crippen molar-refractivity contribution in [2.75, 3.05) is 32.8 Å². The molecule has 1 fully saturated rings. The van der Waals surface area contributed by atoms with Gasteiger partial charge in [-0.15, -0.1) is 0 Å². The highest BCUT2D eigenvalue weighted by Crippen LogP contribution is 2.38. The second-order valence-corrected chi connectivity index (χ2v) is 6.40. The summed E-state index contributed by atoms with van der Waals surface area (Å²) < 4.78 is 5.56. The van der Waals surface area contributed by atoms with Crippen LogP contribution in [0, 0.1) is 5.92 Å². The topological polar surface area (TPSA) is 44.7 Å². The number of nitrogens with one attached hydrogen (secondary N) is 1. The molecular weight excluding hydrogens is 276 g/mol. The van der Waals surface area contributed by atoms with Gasteiger partial charge in [-0.2, -0.15) is 0 Å². The van der Waals surface area contributed by atoms with Gasteiger partial charge >= 0.3 is 0 Å². The Bertz CT molecular complexity index is 456. The average molecular weight is 306 g/mol. The lowest BCUT2D eigenvalue weighted by Gasteiger charge is -2.36. The van der Waals surface area contributed by atoms with Gasteiger partial charge < -0.3 is 15.2 Å². The van der Waals surface area contributed by atoms with Crippen molar-refractivity contribution >= 4 is 0 Å². The molecule has 124 valence electrons. The molecule has 0 spiro atoms. The van der Waals surface area contributed by atoms with Crippen molar-refractivity contribution in [2.45, 2.75) is 39.7 Å². The normalized spacial score (nSPS) is 17.6. The summed E-state index contributed by atoms with van der Waals surface area (Å²) in [6, 6.07) is 6.15. The molecule has 22 heavy (non-hydrogen) atoms. The van der Waals surface area contributed by atoms with Gasteiger partial charge in [-0.05, 0) is 31.7 Å². The van der Waals surface area contributed by atoms with Gasteiger partial charge in [0.05, 0.1) is 6.61 Å². The number of aromatic hydroxyl groups is 1. The van der Waals surface area contributed by atoms with Crippen molar-refractivity contribution in [2.24, 2.45) is 5.92 Å². The first kappa shape index (κ1) is 17.1. The summed E-state index contributed by atoms with van der Waals surface area (Å²) in [6.07, 6.45) is 2.23. The number of rotatable bonds is 7. The average Bonchev–Trinajstić information content (AvgIpc) is 2.52. The van der Waals surface area contributed by atoms with E-state index in [1.54, 1.807) is 0 Å². The van der Waals surface area contributed by atoms with Gasteiger partial charge in [0.1, 0.15) is 0 Å². The number of nitrogens with zero attached hydrogens (tertiary/aromatic N) is 1. The monoisotopic (exact) mass is 306 g/mol. The Morgan fingerprint density at radius 3 is 2.59 bits per heavy atom. The predicted molar refractivity (Wildman–Crippen MR) is 90.5 cm³/mol. The molecule has 0 saturated carbocycles. The molecule has 1 saturated heterocycles. The van der Waals surface area contributed by atoms with Gasteiger partial charge in [-0.3, -0.25) is 4.90 Å². The summed E-state index contributed by atoms with van der Waals surface area (Å²) in [6.45, 7) is 11.1. The van der Waals surface area contributed by atoms with E-state index in [1.807, 2.05) is 25.1 Å². The van der Waals surface area contributed by atoms with Gasteiger partial charge in [0.25, 0.3) is 0 Å². The molecule has 0 radical (unpaired) electrons. The van der Waals surface area contributed by atoms with Crippen LogP contribution in [0.1, 0.15) is 45.2 Å². The molecule has 1 aromatic carbocycles. The summed E-state index contributed by atoms with van der Waals surface area (Å²) in [7, 11) is 0. The molecule has 1 aliphatic rings. The first-order valence-corrected chi connectivity index (χ1v) is 8.53. The third kappa shape index (κ3) is 4.37. The van der Waals surface area contributed by atoms with Crippen molar-refractivity contribution in [3.63, 3.8) is 0 Å². The number of para-hydroxylation sites is 1. The minimum Gasteiger partial charge on any atom is -0.504 e. The first-order valence-electron chi connectivity index (χ1n) is 8.53. The molecule has 0 amide bonds. The van der Waals surface area contributed by atoms with Gasteiger partial charge in [0.2, 0.25) is 0 Å². The van der Waals surface area contributed by atoms with Crippen molar-refractivity contribution < 1.29 is 9.84 Å². The maximum Gasteiger partial charge on any atom is 0.162 e. The Morgan fingerprint density at radius 2 is 1.95 bits per heavy atom. The molecule has 0 aliphatic carbocycles. The van der Waals surface area contributed by atoms with Crippen LogP contribution in [0.5, 0.6) is 11.5 Å². The number of piperazine rings is 1. The largest absolute Gasteiger partial charge is 0.504 e. The summed E-state index contributed by atoms with van der Waals surface area (Å²) in [4.78, 5) is 2.49. The van der Waals surface area contributed by atoms with E-state index in [0.29, 0.717) is 24.0 Å². The van der Waals surface area contributed by atoms with E-state index in [4.69, 9.17) is 4.74 Å². The molecule has 1 atom stereocenters. The fourth-order valence-corrected chi connectivity index (χ4v) is 3.10. The Balaban J connectivity index is 2.24. The highest BCUT2D eigenvalue weighted by Gasteiger charge is 2.25. The third-order valence-electron chi connectivity index (χ3n) is 4.30. The second-order valence-electron chi connectivity index (χ2n) is 6.40. The van der Waals surface area contributed by atoms with Gasteiger partial charge in [0, 0.05) is 37.8 Å². The molecule has 0 unspecified atom stereocenters. The van der Waals surface area contributed by atoms with Crippen LogP contribution in [0.3, 0.4) is 0 Å². The molecule has 0 bridgehead atoms. The zero-order chi connectivity index (χ0) is 15.9. The van der Waals surface area contributed by atoms with Crippen LogP contribution < -0.4 is 10.1 Å². The van der Waals surface area contributed by atoms with Crippen LogP contribution in [-0.2, 0) is 0 Å². The van der Waals surface area contributed by atoms with Crippen LogP contribution in [0.4, 0.5) is 0 Å². The zero-order valence-corrected chi connectivity index (χ0v) is 14.1. The highest BCUT2D eigenvalue weighted by atomic mass is 16.5. The smallest absolute Gasteiger partial charge is 0.162 e. The van der Waals surface area contributed by atoms with Crippen LogP contribution in [0.2, 0.25) is 0 Å². The Hall–Kier alpha value is -1.26. The van der Waals surface area contributed by atoms with E-state index in [2.05, 4.69) is 24.1 Å².